The van der Waals surface area contributed by atoms with Crippen LogP contribution in [0, 0.1) is 0 Å². The lowest BCUT2D eigenvalue weighted by atomic mass is 10.2. The molecule has 29 heavy (non-hydrogen) atoms. The summed E-state index contributed by atoms with van der Waals surface area (Å²) in [7, 11) is 0. The van der Waals surface area contributed by atoms with Gasteiger partial charge in [0.2, 0.25) is 0 Å². The summed E-state index contributed by atoms with van der Waals surface area (Å²) in [5.41, 5.74) is 0.847. The Hall–Kier alpha value is -2.77. The minimum absolute atomic E-state index is 0.0935. The molecular weight excluding hydrogens is 412 g/mol. The zero-order valence-electron chi connectivity index (χ0n) is 15.6. The molecule has 0 aromatic heterocycles. The number of ether oxygens (including phenoxy) is 1. The number of carbonyl (C=O) groups is 3. The molecule has 1 unspecified atom stereocenters. The van der Waals surface area contributed by atoms with Crippen molar-refractivity contribution in [3.63, 3.8) is 0 Å². The Balaban J connectivity index is 1.50. The molecule has 0 spiro atoms. The molecule has 1 aliphatic rings. The smallest absolute Gasteiger partial charge is 0.293 e. The number of hydrogen-bond donors (Lipinski definition) is 1. The number of amides is 3. The molecule has 3 rings (SSSR count). The van der Waals surface area contributed by atoms with Gasteiger partial charge in [-0.1, -0.05) is 41.9 Å². The van der Waals surface area contributed by atoms with E-state index >= 15 is 0 Å². The van der Waals surface area contributed by atoms with Gasteiger partial charge in [0, 0.05) is 18.1 Å². The molecule has 0 bridgehead atoms. The number of carbonyl (C=O) groups excluding carboxylic acids is 3. The van der Waals surface area contributed by atoms with E-state index in [9.17, 15) is 14.4 Å². The highest BCUT2D eigenvalue weighted by molar-refractivity contribution is 8.18. The largest absolute Gasteiger partial charge is 0.481 e. The minimum Gasteiger partial charge on any atom is -0.481 e. The maximum atomic E-state index is 12.5. The Bertz CT molecular complexity index is 931. The van der Waals surface area contributed by atoms with E-state index in [4.69, 9.17) is 16.3 Å². The van der Waals surface area contributed by atoms with Gasteiger partial charge in [-0.3, -0.25) is 19.3 Å². The summed E-state index contributed by atoms with van der Waals surface area (Å²) in [6.45, 7) is 1.85. The van der Waals surface area contributed by atoms with E-state index in [1.165, 1.54) is 0 Å². The van der Waals surface area contributed by atoms with E-state index in [0.717, 1.165) is 22.2 Å². The van der Waals surface area contributed by atoms with Crippen molar-refractivity contribution in [1.82, 2.24) is 10.2 Å². The van der Waals surface area contributed by atoms with Crippen molar-refractivity contribution < 1.29 is 19.1 Å². The van der Waals surface area contributed by atoms with Gasteiger partial charge in [-0.2, -0.15) is 0 Å². The van der Waals surface area contributed by atoms with Crippen LogP contribution in [0.5, 0.6) is 5.75 Å². The van der Waals surface area contributed by atoms with Crippen molar-refractivity contribution in [2.75, 3.05) is 13.1 Å². The molecule has 3 amide bonds. The molecule has 150 valence electrons. The molecule has 8 heteroatoms. The molecule has 1 aliphatic heterocycles. The van der Waals surface area contributed by atoms with Gasteiger partial charge in [-0.15, -0.1) is 0 Å². The van der Waals surface area contributed by atoms with E-state index in [0.29, 0.717) is 15.7 Å². The molecule has 1 atom stereocenters. The minimum atomic E-state index is -0.732. The van der Waals surface area contributed by atoms with Crippen LogP contribution in [0.15, 0.2) is 59.5 Å². The third-order valence-electron chi connectivity index (χ3n) is 4.10. The summed E-state index contributed by atoms with van der Waals surface area (Å²) in [6, 6.07) is 16.0. The van der Waals surface area contributed by atoms with E-state index < -0.39 is 6.10 Å². The van der Waals surface area contributed by atoms with Crippen LogP contribution in [-0.2, 0) is 9.59 Å². The van der Waals surface area contributed by atoms with E-state index in [1.807, 2.05) is 30.3 Å². The zero-order valence-corrected chi connectivity index (χ0v) is 17.2. The van der Waals surface area contributed by atoms with Gasteiger partial charge < -0.3 is 10.1 Å². The molecule has 2 aromatic carbocycles. The third kappa shape index (κ3) is 5.62. The Morgan fingerprint density at radius 1 is 1.17 bits per heavy atom. The topological polar surface area (TPSA) is 75.7 Å². The van der Waals surface area contributed by atoms with Crippen molar-refractivity contribution >= 4 is 46.5 Å². The number of thioether (sulfide) groups is 1. The van der Waals surface area contributed by atoms with Crippen LogP contribution in [0.1, 0.15) is 12.5 Å². The van der Waals surface area contributed by atoms with Crippen LogP contribution in [0.3, 0.4) is 0 Å². The van der Waals surface area contributed by atoms with Gasteiger partial charge in [-0.25, -0.2) is 0 Å². The predicted octanol–water partition coefficient (Wildman–Crippen LogP) is 3.96. The van der Waals surface area contributed by atoms with E-state index in [1.54, 1.807) is 37.3 Å². The standard InChI is InChI=1S/C21H19ClN2O4S/c1-14(28-17-9-7-16(22)8-10-17)19(25)23-11-12-24-20(26)18(29-21(24)27)13-15-5-3-2-4-6-15/h2-10,13-14H,11-12H2,1H3,(H,23,25). The van der Waals surface area contributed by atoms with Crippen LogP contribution in [0.4, 0.5) is 4.79 Å². The van der Waals surface area contributed by atoms with Crippen molar-refractivity contribution in [1.29, 1.82) is 0 Å². The van der Waals surface area contributed by atoms with Crippen LogP contribution in [0.2, 0.25) is 5.02 Å². The highest BCUT2D eigenvalue weighted by Crippen LogP contribution is 2.31. The highest BCUT2D eigenvalue weighted by atomic mass is 35.5. The number of hydrogen-bond acceptors (Lipinski definition) is 5. The normalized spacial score (nSPS) is 16.2. The Kier molecular flexibility index (Phi) is 6.95. The van der Waals surface area contributed by atoms with Gasteiger partial charge in [-0.05, 0) is 54.6 Å². The Morgan fingerprint density at radius 3 is 2.55 bits per heavy atom. The predicted molar refractivity (Wildman–Crippen MR) is 114 cm³/mol. The molecular formula is C21H19ClN2O4S. The van der Waals surface area contributed by atoms with Crippen LogP contribution < -0.4 is 10.1 Å². The molecule has 1 heterocycles. The van der Waals surface area contributed by atoms with Crippen LogP contribution >= 0.6 is 23.4 Å². The summed E-state index contributed by atoms with van der Waals surface area (Å²) in [4.78, 5) is 38.3. The second-order valence-corrected chi connectivity index (χ2v) is 7.68. The quantitative estimate of drug-likeness (QED) is 0.673. The maximum absolute atomic E-state index is 12.5. The number of rotatable bonds is 7. The maximum Gasteiger partial charge on any atom is 0.293 e. The van der Waals surface area contributed by atoms with E-state index in [-0.39, 0.29) is 30.1 Å². The number of nitrogens with zero attached hydrogens (tertiary/aromatic N) is 1. The molecule has 0 aliphatic carbocycles. The molecule has 2 aromatic rings. The molecule has 0 radical (unpaired) electrons. The lowest BCUT2D eigenvalue weighted by molar-refractivity contribution is -0.128. The second-order valence-electron chi connectivity index (χ2n) is 6.25. The average Bonchev–Trinajstić information content (AvgIpc) is 2.97. The number of nitrogens with one attached hydrogen (secondary N) is 1. The number of imide groups is 1. The van der Waals surface area contributed by atoms with Gasteiger partial charge in [0.15, 0.2) is 6.10 Å². The average molecular weight is 431 g/mol. The Morgan fingerprint density at radius 2 is 1.86 bits per heavy atom. The SMILES string of the molecule is CC(Oc1ccc(Cl)cc1)C(=O)NCCN1C(=O)SC(=Cc2ccccc2)C1=O. The number of halogens is 1. The monoisotopic (exact) mass is 430 g/mol. The summed E-state index contributed by atoms with van der Waals surface area (Å²) < 4.78 is 5.55. The summed E-state index contributed by atoms with van der Waals surface area (Å²) in [6.07, 6.45) is 0.954. The first-order valence-electron chi connectivity index (χ1n) is 8.94. The lowest BCUT2D eigenvalue weighted by Crippen LogP contribution is -2.41. The van der Waals surface area contributed by atoms with Gasteiger partial charge in [0.25, 0.3) is 17.1 Å². The summed E-state index contributed by atoms with van der Waals surface area (Å²) in [5.74, 6) is -0.177. The fourth-order valence-electron chi connectivity index (χ4n) is 2.60. The zero-order chi connectivity index (χ0) is 20.8. The first kappa shape index (κ1) is 21.0. The molecule has 6 nitrogen and oxygen atoms in total. The first-order chi connectivity index (χ1) is 13.9. The molecule has 1 N–H and O–H groups in total. The van der Waals surface area contributed by atoms with Crippen molar-refractivity contribution in [3.05, 3.63) is 70.1 Å². The van der Waals surface area contributed by atoms with Crippen LogP contribution in [0.25, 0.3) is 6.08 Å². The molecule has 0 saturated carbocycles. The number of benzene rings is 2. The fourth-order valence-corrected chi connectivity index (χ4v) is 3.59. The second kappa shape index (κ2) is 9.62. The summed E-state index contributed by atoms with van der Waals surface area (Å²) in [5, 5.41) is 2.91. The van der Waals surface area contributed by atoms with Gasteiger partial charge in [0.1, 0.15) is 5.75 Å². The van der Waals surface area contributed by atoms with E-state index in [2.05, 4.69) is 5.32 Å². The van der Waals surface area contributed by atoms with Crippen molar-refractivity contribution in [2.45, 2.75) is 13.0 Å². The van der Waals surface area contributed by atoms with Gasteiger partial charge in [0.05, 0.1) is 4.91 Å². The Labute approximate surface area is 177 Å². The molecule has 1 fully saturated rings. The van der Waals surface area contributed by atoms with Crippen molar-refractivity contribution in [3.8, 4) is 5.75 Å². The van der Waals surface area contributed by atoms with Crippen LogP contribution in [-0.4, -0.2) is 41.1 Å². The highest BCUT2D eigenvalue weighted by Gasteiger charge is 2.34. The summed E-state index contributed by atoms with van der Waals surface area (Å²) >= 11 is 6.72. The first-order valence-corrected chi connectivity index (χ1v) is 10.1. The fraction of sp³-hybridized carbons (Fsp3) is 0.190. The third-order valence-corrected chi connectivity index (χ3v) is 5.26. The molecule has 1 saturated heterocycles. The van der Waals surface area contributed by atoms with Crippen molar-refractivity contribution in [2.24, 2.45) is 0 Å². The lowest BCUT2D eigenvalue weighted by Gasteiger charge is -2.16. The van der Waals surface area contributed by atoms with Gasteiger partial charge >= 0.3 is 0 Å².